The average Bonchev–Trinajstić information content (AvgIpc) is 2.87. The highest BCUT2D eigenvalue weighted by atomic mass is 79.9. The SMILES string of the molecule is COC(=O)C1=C(C)NC2=C(C(=O)CC(c3ccc(N(C)C)cc3)C2)C1c1cc(OC)c(OC)cc1Br. The van der Waals surface area contributed by atoms with Crippen LogP contribution in [0, 0.1) is 0 Å². The monoisotopic (exact) mass is 554 g/mol. The zero-order chi connectivity index (χ0) is 26.1. The van der Waals surface area contributed by atoms with E-state index in [-0.39, 0.29) is 11.7 Å². The van der Waals surface area contributed by atoms with E-state index in [0.717, 1.165) is 22.5 Å². The van der Waals surface area contributed by atoms with Gasteiger partial charge in [0.05, 0.1) is 26.9 Å². The van der Waals surface area contributed by atoms with Gasteiger partial charge in [0.15, 0.2) is 17.3 Å². The number of carbonyl (C=O) groups excluding carboxylic acids is 2. The lowest BCUT2D eigenvalue weighted by Gasteiger charge is -2.37. The zero-order valence-electron chi connectivity index (χ0n) is 21.4. The third-order valence-corrected chi connectivity index (χ3v) is 7.61. The largest absolute Gasteiger partial charge is 0.493 e. The van der Waals surface area contributed by atoms with Crippen molar-refractivity contribution in [3.63, 3.8) is 0 Å². The predicted molar refractivity (Wildman–Crippen MR) is 143 cm³/mol. The van der Waals surface area contributed by atoms with E-state index in [1.807, 2.05) is 32.0 Å². The average molecular weight is 555 g/mol. The van der Waals surface area contributed by atoms with Crippen molar-refractivity contribution in [2.45, 2.75) is 31.6 Å². The lowest BCUT2D eigenvalue weighted by atomic mass is 9.71. The van der Waals surface area contributed by atoms with Crippen LogP contribution in [0.4, 0.5) is 5.69 Å². The topological polar surface area (TPSA) is 77.1 Å². The number of ether oxygens (including phenoxy) is 3. The van der Waals surface area contributed by atoms with Crippen LogP contribution in [0.3, 0.4) is 0 Å². The molecule has 0 amide bonds. The molecule has 0 spiro atoms. The van der Waals surface area contributed by atoms with Crippen molar-refractivity contribution in [2.75, 3.05) is 40.3 Å². The molecule has 8 heteroatoms. The summed E-state index contributed by atoms with van der Waals surface area (Å²) >= 11 is 3.64. The molecule has 1 aliphatic carbocycles. The minimum atomic E-state index is -0.604. The van der Waals surface area contributed by atoms with Crippen molar-refractivity contribution in [2.24, 2.45) is 0 Å². The molecule has 0 radical (unpaired) electrons. The van der Waals surface area contributed by atoms with Gasteiger partial charge in [0.2, 0.25) is 0 Å². The van der Waals surface area contributed by atoms with Gasteiger partial charge >= 0.3 is 5.97 Å². The molecule has 36 heavy (non-hydrogen) atoms. The van der Waals surface area contributed by atoms with Gasteiger partial charge in [0, 0.05) is 53.6 Å². The smallest absolute Gasteiger partial charge is 0.336 e. The lowest BCUT2D eigenvalue weighted by molar-refractivity contribution is -0.136. The number of carbonyl (C=O) groups is 2. The van der Waals surface area contributed by atoms with E-state index in [4.69, 9.17) is 14.2 Å². The van der Waals surface area contributed by atoms with Gasteiger partial charge in [-0.05, 0) is 54.7 Å². The number of hydrogen-bond donors (Lipinski definition) is 1. The highest BCUT2D eigenvalue weighted by molar-refractivity contribution is 9.10. The Morgan fingerprint density at radius 3 is 2.25 bits per heavy atom. The molecule has 4 rings (SSSR count). The molecule has 2 aromatic carbocycles. The van der Waals surface area contributed by atoms with Gasteiger partial charge in [-0.25, -0.2) is 4.79 Å². The zero-order valence-corrected chi connectivity index (χ0v) is 23.0. The van der Waals surface area contributed by atoms with Crippen LogP contribution < -0.4 is 19.7 Å². The van der Waals surface area contributed by atoms with Crippen molar-refractivity contribution in [3.8, 4) is 11.5 Å². The number of anilines is 1. The molecule has 0 fully saturated rings. The van der Waals surface area contributed by atoms with Crippen LogP contribution in [-0.2, 0) is 14.3 Å². The Morgan fingerprint density at radius 2 is 1.67 bits per heavy atom. The molecule has 7 nitrogen and oxygen atoms in total. The molecule has 0 bridgehead atoms. The second kappa shape index (κ2) is 10.4. The third kappa shape index (κ3) is 4.62. The number of rotatable bonds is 6. The number of benzene rings is 2. The van der Waals surface area contributed by atoms with Gasteiger partial charge in [-0.3, -0.25) is 4.79 Å². The Morgan fingerprint density at radius 1 is 1.03 bits per heavy atom. The molecule has 1 heterocycles. The summed E-state index contributed by atoms with van der Waals surface area (Å²) in [6, 6.07) is 11.9. The summed E-state index contributed by atoms with van der Waals surface area (Å²) in [4.78, 5) is 28.8. The molecule has 0 aromatic heterocycles. The number of ketones is 1. The molecule has 2 aliphatic rings. The minimum absolute atomic E-state index is 0.00558. The number of nitrogens with zero attached hydrogens (tertiary/aromatic N) is 1. The van der Waals surface area contributed by atoms with Gasteiger partial charge in [-0.2, -0.15) is 0 Å². The number of nitrogens with one attached hydrogen (secondary N) is 1. The highest BCUT2D eigenvalue weighted by Gasteiger charge is 2.42. The first kappa shape index (κ1) is 25.8. The summed E-state index contributed by atoms with van der Waals surface area (Å²) < 4.78 is 16.8. The molecule has 1 aliphatic heterocycles. The maximum atomic E-state index is 13.8. The number of halogens is 1. The van der Waals surface area contributed by atoms with Gasteiger partial charge in [0.1, 0.15) is 0 Å². The maximum Gasteiger partial charge on any atom is 0.336 e. The van der Waals surface area contributed by atoms with Crippen LogP contribution in [0.5, 0.6) is 11.5 Å². The van der Waals surface area contributed by atoms with Crippen LogP contribution in [-0.4, -0.2) is 47.2 Å². The fourth-order valence-corrected chi connectivity index (χ4v) is 5.65. The lowest BCUT2D eigenvalue weighted by Crippen LogP contribution is -2.36. The fourth-order valence-electron chi connectivity index (χ4n) is 5.10. The summed E-state index contributed by atoms with van der Waals surface area (Å²) in [7, 11) is 8.48. The number of allylic oxidation sites excluding steroid dienone is 3. The van der Waals surface area contributed by atoms with E-state index < -0.39 is 11.9 Å². The molecule has 1 N–H and O–H groups in total. The number of esters is 1. The predicted octanol–water partition coefficient (Wildman–Crippen LogP) is 5.07. The van der Waals surface area contributed by atoms with Crippen LogP contribution in [0.2, 0.25) is 0 Å². The number of hydrogen-bond acceptors (Lipinski definition) is 7. The van der Waals surface area contributed by atoms with Crippen LogP contribution in [0.15, 0.2) is 63.4 Å². The Labute approximate surface area is 220 Å². The van der Waals surface area contributed by atoms with Crippen LogP contribution in [0.1, 0.15) is 42.7 Å². The number of methoxy groups -OCH3 is 3. The van der Waals surface area contributed by atoms with Crippen molar-refractivity contribution < 1.29 is 23.8 Å². The van der Waals surface area contributed by atoms with E-state index in [1.54, 1.807) is 20.3 Å². The molecule has 2 unspecified atom stereocenters. The first-order valence-corrected chi connectivity index (χ1v) is 12.5. The normalized spacial score (nSPS) is 19.5. The number of dihydropyridines is 1. The van der Waals surface area contributed by atoms with Gasteiger partial charge < -0.3 is 24.4 Å². The van der Waals surface area contributed by atoms with E-state index >= 15 is 0 Å². The third-order valence-electron chi connectivity index (χ3n) is 6.93. The Kier molecular flexibility index (Phi) is 7.45. The molecule has 0 saturated heterocycles. The summed E-state index contributed by atoms with van der Waals surface area (Å²) in [5.74, 6) is 0.0287. The molecule has 2 aromatic rings. The maximum absolute atomic E-state index is 13.8. The molecular formula is C28H31BrN2O5. The van der Waals surface area contributed by atoms with Gasteiger partial charge in [0.25, 0.3) is 0 Å². The summed E-state index contributed by atoms with van der Waals surface area (Å²) in [6.45, 7) is 1.84. The summed E-state index contributed by atoms with van der Waals surface area (Å²) in [6.07, 6.45) is 1.02. The minimum Gasteiger partial charge on any atom is -0.493 e. The van der Waals surface area contributed by atoms with Crippen LogP contribution >= 0.6 is 15.9 Å². The fraction of sp³-hybridized carbons (Fsp3) is 0.357. The van der Waals surface area contributed by atoms with Crippen molar-refractivity contribution in [3.05, 3.63) is 74.5 Å². The van der Waals surface area contributed by atoms with Gasteiger partial charge in [-0.15, -0.1) is 0 Å². The Hall–Kier alpha value is -3.26. The summed E-state index contributed by atoms with van der Waals surface area (Å²) in [5.41, 5.74) is 5.47. The van der Waals surface area contributed by atoms with E-state index in [1.165, 1.54) is 7.11 Å². The highest BCUT2D eigenvalue weighted by Crippen LogP contribution is 2.49. The molecular weight excluding hydrogens is 524 g/mol. The molecule has 190 valence electrons. The van der Waals surface area contributed by atoms with E-state index in [9.17, 15) is 9.59 Å². The van der Waals surface area contributed by atoms with Crippen molar-refractivity contribution in [1.29, 1.82) is 0 Å². The first-order valence-electron chi connectivity index (χ1n) is 11.7. The second-order valence-electron chi connectivity index (χ2n) is 9.22. The Balaban J connectivity index is 1.82. The van der Waals surface area contributed by atoms with Gasteiger partial charge in [-0.1, -0.05) is 28.1 Å². The standard InChI is InChI=1S/C28H31BrN2O5/c1-15-25(28(33)36-6)26(19-13-23(34-4)24(35-5)14-20(19)29)27-21(30-15)11-17(12-22(27)32)16-7-9-18(10-8-16)31(2)3/h7-10,13-14,17,26,30H,11-12H2,1-6H3. The second-order valence-corrected chi connectivity index (χ2v) is 10.1. The molecule has 0 saturated carbocycles. The number of Topliss-reactive ketones (excluding diaryl/α,β-unsaturated/α-hetero) is 1. The van der Waals surface area contributed by atoms with Crippen LogP contribution in [0.25, 0.3) is 0 Å². The quantitative estimate of drug-likeness (QED) is 0.499. The summed E-state index contributed by atoms with van der Waals surface area (Å²) in [5, 5.41) is 3.37. The van der Waals surface area contributed by atoms with E-state index in [0.29, 0.717) is 45.7 Å². The van der Waals surface area contributed by atoms with Crippen molar-refractivity contribution >= 4 is 33.4 Å². The van der Waals surface area contributed by atoms with Crippen molar-refractivity contribution in [1.82, 2.24) is 5.32 Å². The Bertz CT molecular complexity index is 1260. The van der Waals surface area contributed by atoms with E-state index in [2.05, 4.69) is 45.5 Å². The molecule has 2 atom stereocenters. The first-order chi connectivity index (χ1) is 17.2.